The monoisotopic (exact) mass is 180 g/mol. The van der Waals surface area contributed by atoms with Crippen LogP contribution in [0.5, 0.6) is 0 Å². The molecule has 0 N–H and O–H groups in total. The van der Waals surface area contributed by atoms with Gasteiger partial charge < -0.3 is 0 Å². The molecule has 0 aromatic heterocycles. The number of hydrogen-bond acceptors (Lipinski definition) is 0. The highest BCUT2D eigenvalue weighted by Crippen LogP contribution is 2.26. The molecule has 1 atom stereocenters. The third-order valence-corrected chi connectivity index (χ3v) is 2.31. The molecule has 0 heterocycles. The minimum atomic E-state index is 0.0729. The lowest BCUT2D eigenvalue weighted by Gasteiger charge is -2.09. The van der Waals surface area contributed by atoms with E-state index in [-0.39, 0.29) is 5.38 Å². The zero-order chi connectivity index (χ0) is 8.97. The minimum absolute atomic E-state index is 0.0729. The summed E-state index contributed by atoms with van der Waals surface area (Å²) in [6.45, 7) is 5.75. The summed E-state index contributed by atoms with van der Waals surface area (Å²) in [4.78, 5) is 0. The summed E-state index contributed by atoms with van der Waals surface area (Å²) >= 11 is 6.14. The molecule has 1 rings (SSSR count). The van der Waals surface area contributed by atoms with Gasteiger partial charge >= 0.3 is 0 Å². The minimum Gasteiger partial charge on any atom is -0.117 e. The average Bonchev–Trinajstić information content (AvgIpc) is 2.05. The number of benzene rings is 1. The van der Waals surface area contributed by atoms with Gasteiger partial charge in [0.05, 0.1) is 5.38 Å². The van der Waals surface area contributed by atoms with Crippen LogP contribution in [0.4, 0.5) is 0 Å². The standard InChI is InChI=1S/C11H13Cl/c1-3-6-11(12)10-8-5-4-7-9(10)2/h3-5,7-8,11H,1,6H2,2H3. The highest BCUT2D eigenvalue weighted by molar-refractivity contribution is 6.21. The fourth-order valence-corrected chi connectivity index (χ4v) is 1.58. The maximum absolute atomic E-state index is 6.14. The molecule has 1 heteroatoms. The first-order valence-corrected chi connectivity index (χ1v) is 4.50. The lowest BCUT2D eigenvalue weighted by Crippen LogP contribution is -1.91. The van der Waals surface area contributed by atoms with Crippen LogP contribution in [-0.4, -0.2) is 0 Å². The number of allylic oxidation sites excluding steroid dienone is 1. The highest BCUT2D eigenvalue weighted by atomic mass is 35.5. The van der Waals surface area contributed by atoms with Crippen LogP contribution in [0.2, 0.25) is 0 Å². The fourth-order valence-electron chi connectivity index (χ4n) is 1.21. The molecule has 0 bridgehead atoms. The van der Waals surface area contributed by atoms with E-state index in [4.69, 9.17) is 11.6 Å². The SMILES string of the molecule is C=CCC(Cl)c1ccccc1C. The molecule has 0 nitrogen and oxygen atoms in total. The van der Waals surface area contributed by atoms with Gasteiger partial charge in [0, 0.05) is 0 Å². The van der Waals surface area contributed by atoms with Gasteiger partial charge in [-0.25, -0.2) is 0 Å². The first-order chi connectivity index (χ1) is 5.75. The predicted octanol–water partition coefficient (Wildman–Crippen LogP) is 3.85. The first kappa shape index (κ1) is 9.34. The van der Waals surface area contributed by atoms with Crippen LogP contribution in [0.1, 0.15) is 22.9 Å². The Balaban J connectivity index is 2.86. The van der Waals surface area contributed by atoms with E-state index in [1.165, 1.54) is 11.1 Å². The van der Waals surface area contributed by atoms with E-state index in [0.717, 1.165) is 6.42 Å². The predicted molar refractivity (Wildman–Crippen MR) is 54.6 cm³/mol. The first-order valence-electron chi connectivity index (χ1n) is 4.06. The largest absolute Gasteiger partial charge is 0.117 e. The summed E-state index contributed by atoms with van der Waals surface area (Å²) in [5, 5.41) is 0.0729. The molecule has 1 aromatic carbocycles. The van der Waals surface area contributed by atoms with Crippen molar-refractivity contribution in [3.63, 3.8) is 0 Å². The molecule has 1 aromatic rings. The van der Waals surface area contributed by atoms with Crippen molar-refractivity contribution in [2.45, 2.75) is 18.7 Å². The van der Waals surface area contributed by atoms with E-state index in [1.54, 1.807) is 0 Å². The van der Waals surface area contributed by atoms with Gasteiger partial charge in [-0.2, -0.15) is 0 Å². The Bertz CT molecular complexity index is 265. The van der Waals surface area contributed by atoms with Crippen molar-refractivity contribution in [1.82, 2.24) is 0 Å². The number of rotatable bonds is 3. The lowest BCUT2D eigenvalue weighted by molar-refractivity contribution is 0.946. The molecule has 0 amide bonds. The van der Waals surface area contributed by atoms with E-state index >= 15 is 0 Å². The van der Waals surface area contributed by atoms with Crippen LogP contribution in [0, 0.1) is 6.92 Å². The number of hydrogen-bond donors (Lipinski definition) is 0. The van der Waals surface area contributed by atoms with Gasteiger partial charge in [-0.1, -0.05) is 30.3 Å². The number of halogens is 1. The van der Waals surface area contributed by atoms with Crippen LogP contribution < -0.4 is 0 Å². The second-order valence-electron chi connectivity index (χ2n) is 2.85. The molecule has 0 aliphatic rings. The van der Waals surface area contributed by atoms with Gasteiger partial charge in [0.1, 0.15) is 0 Å². The summed E-state index contributed by atoms with van der Waals surface area (Å²) in [6.07, 6.45) is 2.68. The Morgan fingerprint density at radius 3 is 2.75 bits per heavy atom. The maximum atomic E-state index is 6.14. The molecular weight excluding hydrogens is 168 g/mol. The number of aryl methyl sites for hydroxylation is 1. The Kier molecular flexibility index (Phi) is 3.36. The smallest absolute Gasteiger partial charge is 0.0622 e. The van der Waals surface area contributed by atoms with E-state index in [0.29, 0.717) is 0 Å². The maximum Gasteiger partial charge on any atom is 0.0622 e. The summed E-state index contributed by atoms with van der Waals surface area (Å²) in [6, 6.07) is 8.18. The molecule has 0 aliphatic carbocycles. The van der Waals surface area contributed by atoms with Gasteiger partial charge in [-0.15, -0.1) is 18.2 Å². The normalized spacial score (nSPS) is 12.5. The summed E-state index contributed by atoms with van der Waals surface area (Å²) in [7, 11) is 0. The van der Waals surface area contributed by atoms with Crippen molar-refractivity contribution in [3.8, 4) is 0 Å². The Morgan fingerprint density at radius 2 is 2.17 bits per heavy atom. The molecule has 0 aliphatic heterocycles. The quantitative estimate of drug-likeness (QED) is 0.490. The molecule has 12 heavy (non-hydrogen) atoms. The molecular formula is C11H13Cl. The highest BCUT2D eigenvalue weighted by Gasteiger charge is 2.06. The van der Waals surface area contributed by atoms with E-state index in [2.05, 4.69) is 25.6 Å². The van der Waals surface area contributed by atoms with E-state index in [1.807, 2.05) is 18.2 Å². The third kappa shape index (κ3) is 2.12. The fraction of sp³-hybridized carbons (Fsp3) is 0.273. The molecule has 0 fully saturated rings. The summed E-state index contributed by atoms with van der Waals surface area (Å²) in [5.74, 6) is 0. The second kappa shape index (κ2) is 4.32. The molecule has 1 unspecified atom stereocenters. The Labute approximate surface area is 78.9 Å². The van der Waals surface area contributed by atoms with Gasteiger partial charge in [-0.3, -0.25) is 0 Å². The summed E-state index contributed by atoms with van der Waals surface area (Å²) in [5.41, 5.74) is 2.46. The molecule has 0 spiro atoms. The van der Waals surface area contributed by atoms with Crippen molar-refractivity contribution in [3.05, 3.63) is 48.0 Å². The van der Waals surface area contributed by atoms with Crippen molar-refractivity contribution in [1.29, 1.82) is 0 Å². The van der Waals surface area contributed by atoms with E-state index in [9.17, 15) is 0 Å². The molecule has 64 valence electrons. The van der Waals surface area contributed by atoms with Crippen LogP contribution in [0.3, 0.4) is 0 Å². The van der Waals surface area contributed by atoms with Crippen LogP contribution in [0.25, 0.3) is 0 Å². The van der Waals surface area contributed by atoms with Gasteiger partial charge in [0.25, 0.3) is 0 Å². The zero-order valence-corrected chi connectivity index (χ0v) is 8.01. The van der Waals surface area contributed by atoms with Crippen molar-refractivity contribution in [2.75, 3.05) is 0 Å². The second-order valence-corrected chi connectivity index (χ2v) is 3.38. The van der Waals surface area contributed by atoms with Crippen LogP contribution in [0.15, 0.2) is 36.9 Å². The van der Waals surface area contributed by atoms with Crippen molar-refractivity contribution in [2.24, 2.45) is 0 Å². The Hall–Kier alpha value is -0.750. The van der Waals surface area contributed by atoms with E-state index < -0.39 is 0 Å². The van der Waals surface area contributed by atoms with Gasteiger partial charge in [-0.05, 0) is 24.5 Å². The molecule has 0 saturated carbocycles. The zero-order valence-electron chi connectivity index (χ0n) is 7.26. The van der Waals surface area contributed by atoms with Gasteiger partial charge in [0.2, 0.25) is 0 Å². The van der Waals surface area contributed by atoms with Crippen LogP contribution in [-0.2, 0) is 0 Å². The Morgan fingerprint density at radius 1 is 1.50 bits per heavy atom. The average molecular weight is 181 g/mol. The summed E-state index contributed by atoms with van der Waals surface area (Å²) < 4.78 is 0. The van der Waals surface area contributed by atoms with Crippen LogP contribution >= 0.6 is 11.6 Å². The molecule has 0 saturated heterocycles. The van der Waals surface area contributed by atoms with Crippen molar-refractivity contribution >= 4 is 11.6 Å². The molecule has 0 radical (unpaired) electrons. The number of alkyl halides is 1. The van der Waals surface area contributed by atoms with Crippen molar-refractivity contribution < 1.29 is 0 Å². The third-order valence-electron chi connectivity index (χ3n) is 1.90. The lowest BCUT2D eigenvalue weighted by atomic mass is 10.0. The topological polar surface area (TPSA) is 0 Å². The van der Waals surface area contributed by atoms with Gasteiger partial charge in [0.15, 0.2) is 0 Å².